The predicted octanol–water partition coefficient (Wildman–Crippen LogP) is 3.04. The van der Waals surface area contributed by atoms with Gasteiger partial charge in [0, 0.05) is 24.9 Å². The number of benzene rings is 1. The van der Waals surface area contributed by atoms with E-state index in [1.165, 1.54) is 35.7 Å². The molecule has 0 radical (unpaired) electrons. The number of hydrogen-bond acceptors (Lipinski definition) is 9. The van der Waals surface area contributed by atoms with E-state index in [4.69, 9.17) is 21.7 Å². The highest BCUT2D eigenvalue weighted by molar-refractivity contribution is 7.73. The number of ether oxygens (including phenoxy) is 2. The Bertz CT molecular complexity index is 920. The van der Waals surface area contributed by atoms with Crippen molar-refractivity contribution in [2.75, 3.05) is 11.9 Å². The van der Waals surface area contributed by atoms with Crippen LogP contribution in [0.1, 0.15) is 17.3 Å². The molecular formula is C14H12N4O5S2. The van der Waals surface area contributed by atoms with Crippen LogP contribution in [0.3, 0.4) is 0 Å². The summed E-state index contributed by atoms with van der Waals surface area (Å²) < 4.78 is 11.6. The van der Waals surface area contributed by atoms with E-state index in [1.807, 2.05) is 0 Å². The van der Waals surface area contributed by atoms with E-state index in [0.717, 1.165) is 0 Å². The summed E-state index contributed by atoms with van der Waals surface area (Å²) in [5, 5.41) is 20.8. The third-order valence-corrected chi connectivity index (χ3v) is 4.30. The molecule has 130 valence electrons. The van der Waals surface area contributed by atoms with Crippen molar-refractivity contribution in [2.24, 2.45) is 0 Å². The van der Waals surface area contributed by atoms with Gasteiger partial charge >= 0.3 is 0 Å². The summed E-state index contributed by atoms with van der Waals surface area (Å²) >= 11 is 6.14. The minimum atomic E-state index is -0.925. The van der Waals surface area contributed by atoms with Crippen molar-refractivity contribution in [3.63, 3.8) is 0 Å². The van der Waals surface area contributed by atoms with Crippen LogP contribution in [0.4, 0.5) is 10.8 Å². The van der Waals surface area contributed by atoms with E-state index < -0.39 is 17.0 Å². The van der Waals surface area contributed by atoms with Crippen LogP contribution in [-0.4, -0.2) is 33.8 Å². The molecule has 0 amide bonds. The molecule has 0 aliphatic carbocycles. The smallest absolute Gasteiger partial charge is 0.270 e. The van der Waals surface area contributed by atoms with Crippen LogP contribution in [0.25, 0.3) is 0 Å². The third kappa shape index (κ3) is 3.57. The topological polar surface area (TPSA) is 119 Å². The minimum Gasteiger partial charge on any atom is -0.460 e. The molecule has 0 saturated heterocycles. The molecule has 0 saturated carbocycles. The fourth-order valence-corrected chi connectivity index (χ4v) is 2.95. The van der Waals surface area contributed by atoms with Crippen LogP contribution in [0, 0.1) is 14.1 Å². The number of aromatic nitrogens is 2. The van der Waals surface area contributed by atoms with E-state index >= 15 is 0 Å². The monoisotopic (exact) mass is 380 g/mol. The molecule has 3 rings (SSSR count). The molecule has 0 spiro atoms. The van der Waals surface area contributed by atoms with Crippen molar-refractivity contribution >= 4 is 40.2 Å². The molecule has 25 heavy (non-hydrogen) atoms. The number of carbonyl (C=O) groups excluding carboxylic acids is 1. The molecular weight excluding hydrogens is 368 g/mol. The Morgan fingerprint density at radius 3 is 3.04 bits per heavy atom. The lowest BCUT2D eigenvalue weighted by molar-refractivity contribution is -0.384. The van der Waals surface area contributed by atoms with Gasteiger partial charge in [0.2, 0.25) is 17.2 Å². The van der Waals surface area contributed by atoms with Gasteiger partial charge in [-0.05, 0) is 25.2 Å². The highest BCUT2D eigenvalue weighted by atomic mass is 32.1. The second kappa shape index (κ2) is 7.09. The van der Waals surface area contributed by atoms with Crippen LogP contribution in [-0.2, 0) is 4.74 Å². The summed E-state index contributed by atoms with van der Waals surface area (Å²) in [7, 11) is 0. The first-order chi connectivity index (χ1) is 12.0. The number of ketones is 1. The molecule has 11 heteroatoms. The second-order valence-electron chi connectivity index (χ2n) is 4.83. The predicted molar refractivity (Wildman–Crippen MR) is 92.5 cm³/mol. The number of nitro benzene ring substituents is 1. The van der Waals surface area contributed by atoms with E-state index in [2.05, 4.69) is 15.5 Å². The number of hydrogen-bond donors (Lipinski definition) is 2. The average Bonchev–Trinajstić information content (AvgIpc) is 3.00. The summed E-state index contributed by atoms with van der Waals surface area (Å²) in [4.78, 5) is 23.1. The second-order valence-corrected chi connectivity index (χ2v) is 6.50. The molecule has 0 bridgehead atoms. The Morgan fingerprint density at radius 1 is 1.60 bits per heavy atom. The summed E-state index contributed by atoms with van der Waals surface area (Å²) in [6, 6.07) is 3.85. The van der Waals surface area contributed by atoms with Crippen LogP contribution in [0.2, 0.25) is 0 Å². The number of nitrogens with one attached hydrogen (secondary N) is 2. The molecule has 1 aliphatic heterocycles. The van der Waals surface area contributed by atoms with Crippen molar-refractivity contribution in [3.8, 4) is 5.75 Å². The average molecular weight is 380 g/mol. The zero-order valence-corrected chi connectivity index (χ0v) is 14.5. The highest BCUT2D eigenvalue weighted by Gasteiger charge is 2.33. The van der Waals surface area contributed by atoms with Gasteiger partial charge in [0.15, 0.2) is 3.95 Å². The number of non-ortho nitro benzene ring substituents is 1. The number of nitrogens with zero attached hydrogens (tertiary/aromatic N) is 2. The maximum absolute atomic E-state index is 12.8. The lowest BCUT2D eigenvalue weighted by atomic mass is 9.99. The number of Topliss-reactive ketones (excluding diaryl/α,β-unsaturated/α-hetero) is 1. The van der Waals surface area contributed by atoms with Crippen molar-refractivity contribution in [1.29, 1.82) is 0 Å². The molecule has 9 nitrogen and oxygen atoms in total. The van der Waals surface area contributed by atoms with Crippen LogP contribution >= 0.6 is 23.6 Å². The highest BCUT2D eigenvalue weighted by Crippen LogP contribution is 2.33. The molecule has 1 unspecified atom stereocenters. The number of fused-ring (bicyclic) bond motifs is 1. The standard InChI is InChI=1S/C14H12N4O5S2/c1-2-22-12-9(6-15-13-16-17-14(24)25-13)11(19)8-5-7(18(20)21)3-4-10(8)23-12/h3-6,12H,2H2,1H3,(H,15,16)(H,17,24)/b9-6-. The lowest BCUT2D eigenvalue weighted by Crippen LogP contribution is -2.33. The maximum Gasteiger partial charge on any atom is 0.270 e. The van der Waals surface area contributed by atoms with E-state index in [-0.39, 0.29) is 22.6 Å². The normalized spacial score (nSPS) is 17.9. The van der Waals surface area contributed by atoms with Gasteiger partial charge in [-0.25, -0.2) is 0 Å². The third-order valence-electron chi connectivity index (χ3n) is 3.28. The van der Waals surface area contributed by atoms with E-state index in [0.29, 0.717) is 15.7 Å². The Balaban J connectivity index is 1.97. The van der Waals surface area contributed by atoms with Crippen LogP contribution < -0.4 is 10.1 Å². The van der Waals surface area contributed by atoms with Gasteiger partial charge in [-0.2, -0.15) is 0 Å². The Kier molecular flexibility index (Phi) is 4.88. The number of nitro groups is 1. The number of rotatable bonds is 5. The van der Waals surface area contributed by atoms with Crippen molar-refractivity contribution in [2.45, 2.75) is 13.2 Å². The molecule has 1 aliphatic rings. The van der Waals surface area contributed by atoms with E-state index in [1.54, 1.807) is 6.92 Å². The minimum absolute atomic E-state index is 0.105. The zero-order chi connectivity index (χ0) is 18.0. The van der Waals surface area contributed by atoms with Gasteiger partial charge < -0.3 is 14.8 Å². The molecule has 2 aromatic rings. The van der Waals surface area contributed by atoms with Gasteiger partial charge in [-0.15, -0.1) is 5.10 Å². The lowest BCUT2D eigenvalue weighted by Gasteiger charge is -2.27. The van der Waals surface area contributed by atoms with Crippen molar-refractivity contribution in [1.82, 2.24) is 10.2 Å². The molecule has 1 atom stereocenters. The first kappa shape index (κ1) is 17.2. The largest absolute Gasteiger partial charge is 0.460 e. The van der Waals surface area contributed by atoms with Gasteiger partial charge in [-0.3, -0.25) is 20.0 Å². The number of H-pyrrole nitrogens is 1. The van der Waals surface area contributed by atoms with Crippen molar-refractivity contribution in [3.05, 3.63) is 49.6 Å². The van der Waals surface area contributed by atoms with Crippen LogP contribution in [0.15, 0.2) is 30.0 Å². The summed E-state index contributed by atoms with van der Waals surface area (Å²) in [6.45, 7) is 2.09. The van der Waals surface area contributed by atoms with E-state index in [9.17, 15) is 14.9 Å². The fourth-order valence-electron chi connectivity index (χ4n) is 2.19. The van der Waals surface area contributed by atoms with Gasteiger partial charge in [0.1, 0.15) is 5.75 Å². The first-order valence-corrected chi connectivity index (χ1v) is 8.35. The van der Waals surface area contributed by atoms with Crippen LogP contribution in [0.5, 0.6) is 5.75 Å². The van der Waals surface area contributed by atoms with Crippen molar-refractivity contribution < 1.29 is 19.2 Å². The maximum atomic E-state index is 12.8. The quantitative estimate of drug-likeness (QED) is 0.351. The summed E-state index contributed by atoms with van der Waals surface area (Å²) in [5.74, 6) is -0.184. The van der Waals surface area contributed by atoms with Gasteiger partial charge in [0.25, 0.3) is 5.69 Å². The molecule has 0 fully saturated rings. The number of anilines is 1. The molecule has 2 N–H and O–H groups in total. The summed E-state index contributed by atoms with van der Waals surface area (Å²) in [6.07, 6.45) is 0.483. The zero-order valence-electron chi connectivity index (χ0n) is 12.8. The molecule has 1 aromatic heterocycles. The fraction of sp³-hybridized carbons (Fsp3) is 0.214. The van der Waals surface area contributed by atoms with Gasteiger partial charge in [-0.1, -0.05) is 11.3 Å². The Labute approximate surface area is 150 Å². The molecule has 2 heterocycles. The SMILES string of the molecule is CCOC1Oc2ccc([N+](=O)[O-])cc2C(=O)/C1=C/Nc1n[nH]c(=S)s1. The Morgan fingerprint density at radius 2 is 2.40 bits per heavy atom. The van der Waals surface area contributed by atoms with Gasteiger partial charge in [0.05, 0.1) is 16.1 Å². The first-order valence-electron chi connectivity index (χ1n) is 7.13. The molecule has 1 aromatic carbocycles. The number of aromatic amines is 1. The number of carbonyl (C=O) groups is 1. The summed E-state index contributed by atoms with van der Waals surface area (Å²) in [5.41, 5.74) is 0.0898. The Hall–Kier alpha value is -2.63.